The summed E-state index contributed by atoms with van der Waals surface area (Å²) in [5.74, 6) is -0.914. The van der Waals surface area contributed by atoms with E-state index in [4.69, 9.17) is 9.47 Å². The maximum Gasteiger partial charge on any atom is 0.306 e. The molecule has 0 spiro atoms. The van der Waals surface area contributed by atoms with E-state index in [0.29, 0.717) is 38.4 Å². The molecule has 3 aromatic rings. The average molecular weight is 497 g/mol. The molecule has 8 nitrogen and oxygen atoms in total. The number of ether oxygens (including phenoxy) is 2. The number of fused-ring (bicyclic) bond motifs is 1. The van der Waals surface area contributed by atoms with Crippen LogP contribution in [0.25, 0.3) is 10.8 Å². The maximum absolute atomic E-state index is 12.7. The molecule has 1 fully saturated rings. The highest BCUT2D eigenvalue weighted by molar-refractivity contribution is 7.89. The Morgan fingerprint density at radius 1 is 1.00 bits per heavy atom. The summed E-state index contributed by atoms with van der Waals surface area (Å²) in [5.41, 5.74) is 1.43. The molecule has 0 radical (unpaired) electrons. The molecular formula is C26H28N2O6S. The number of anilines is 1. The van der Waals surface area contributed by atoms with Crippen molar-refractivity contribution in [2.75, 3.05) is 31.6 Å². The number of esters is 1. The lowest BCUT2D eigenvalue weighted by atomic mass is 10.1. The Morgan fingerprint density at radius 2 is 1.69 bits per heavy atom. The molecule has 1 aliphatic heterocycles. The van der Waals surface area contributed by atoms with Gasteiger partial charge in [-0.3, -0.25) is 9.59 Å². The van der Waals surface area contributed by atoms with Gasteiger partial charge < -0.3 is 14.8 Å². The van der Waals surface area contributed by atoms with Gasteiger partial charge in [0.2, 0.25) is 10.0 Å². The second-order valence-electron chi connectivity index (χ2n) is 8.34. The molecule has 1 N–H and O–H groups in total. The summed E-state index contributed by atoms with van der Waals surface area (Å²) in [6, 6.07) is 19.9. The molecule has 0 aliphatic carbocycles. The van der Waals surface area contributed by atoms with Crippen LogP contribution in [0.3, 0.4) is 0 Å². The molecule has 1 saturated heterocycles. The third kappa shape index (κ3) is 6.25. The third-order valence-corrected chi connectivity index (χ3v) is 7.76. The Bertz CT molecular complexity index is 1300. The summed E-state index contributed by atoms with van der Waals surface area (Å²) in [4.78, 5) is 25.0. The van der Waals surface area contributed by atoms with Gasteiger partial charge in [-0.25, -0.2) is 8.42 Å². The first-order valence-corrected chi connectivity index (χ1v) is 12.9. The van der Waals surface area contributed by atoms with Crippen molar-refractivity contribution in [3.05, 3.63) is 72.3 Å². The minimum Gasteiger partial charge on any atom is -0.453 e. The van der Waals surface area contributed by atoms with Crippen LogP contribution in [0.15, 0.2) is 71.6 Å². The zero-order chi connectivity index (χ0) is 24.8. The van der Waals surface area contributed by atoms with E-state index in [2.05, 4.69) is 5.32 Å². The zero-order valence-corrected chi connectivity index (χ0v) is 20.3. The van der Waals surface area contributed by atoms with Gasteiger partial charge in [0.25, 0.3) is 5.91 Å². The molecule has 1 amide bonds. The van der Waals surface area contributed by atoms with Crippen molar-refractivity contribution in [2.24, 2.45) is 0 Å². The second kappa shape index (κ2) is 11.0. The van der Waals surface area contributed by atoms with E-state index in [-0.39, 0.29) is 11.3 Å². The Hall–Kier alpha value is -3.27. The molecule has 4 rings (SSSR count). The van der Waals surface area contributed by atoms with E-state index in [1.807, 2.05) is 36.4 Å². The number of nitrogens with zero attached hydrogens (tertiary/aromatic N) is 1. The molecule has 0 aromatic heterocycles. The van der Waals surface area contributed by atoms with Crippen LogP contribution in [0.2, 0.25) is 0 Å². The van der Waals surface area contributed by atoms with Gasteiger partial charge in [0.05, 0.1) is 18.1 Å². The number of carbonyl (C=O) groups excluding carboxylic acids is 2. The molecule has 184 valence electrons. The average Bonchev–Trinajstić information content (AvgIpc) is 2.88. The number of hydrogen-bond acceptors (Lipinski definition) is 6. The number of hydrogen-bond donors (Lipinski definition) is 1. The predicted molar refractivity (Wildman–Crippen MR) is 132 cm³/mol. The quantitative estimate of drug-likeness (QED) is 0.480. The van der Waals surface area contributed by atoms with Crippen LogP contribution in [-0.2, 0) is 35.5 Å². The Labute approximate surface area is 204 Å². The van der Waals surface area contributed by atoms with Gasteiger partial charge in [-0.05, 0) is 53.9 Å². The molecule has 0 bridgehead atoms. The Kier molecular flexibility index (Phi) is 7.80. The van der Waals surface area contributed by atoms with Crippen LogP contribution in [0.4, 0.5) is 5.69 Å². The monoisotopic (exact) mass is 496 g/mol. The van der Waals surface area contributed by atoms with E-state index in [1.165, 1.54) is 11.2 Å². The van der Waals surface area contributed by atoms with Crippen LogP contribution < -0.4 is 5.32 Å². The number of benzene rings is 3. The first kappa shape index (κ1) is 24.8. The number of nitrogens with one attached hydrogen (secondary N) is 1. The zero-order valence-electron chi connectivity index (χ0n) is 19.5. The summed E-state index contributed by atoms with van der Waals surface area (Å²) in [7, 11) is -3.56. The van der Waals surface area contributed by atoms with E-state index < -0.39 is 28.0 Å². The third-order valence-electron chi connectivity index (χ3n) is 5.84. The summed E-state index contributed by atoms with van der Waals surface area (Å²) in [6.07, 6.45) is -0.506. The van der Waals surface area contributed by atoms with Crippen molar-refractivity contribution in [1.82, 2.24) is 4.31 Å². The Balaban J connectivity index is 1.26. The van der Waals surface area contributed by atoms with E-state index in [1.54, 1.807) is 30.3 Å². The molecule has 1 unspecified atom stereocenters. The Morgan fingerprint density at radius 3 is 2.40 bits per heavy atom. The number of morpholine rings is 1. The van der Waals surface area contributed by atoms with Crippen LogP contribution in [0.5, 0.6) is 0 Å². The molecule has 1 atom stereocenters. The SMILES string of the molecule is CC(OC(=O)CCc1ccc(S(=O)(=O)N2CCOCC2)cc1)C(=O)Nc1ccc2ccccc2c1. The van der Waals surface area contributed by atoms with Gasteiger partial charge in [0, 0.05) is 25.2 Å². The molecule has 3 aromatic carbocycles. The van der Waals surface area contributed by atoms with Crippen molar-refractivity contribution in [2.45, 2.75) is 30.8 Å². The molecule has 1 aliphatic rings. The van der Waals surface area contributed by atoms with Crippen molar-refractivity contribution < 1.29 is 27.5 Å². The van der Waals surface area contributed by atoms with Crippen molar-refractivity contribution >= 4 is 38.4 Å². The van der Waals surface area contributed by atoms with E-state index in [0.717, 1.165) is 16.3 Å². The summed E-state index contributed by atoms with van der Waals surface area (Å²) in [5, 5.41) is 4.84. The number of aryl methyl sites for hydroxylation is 1. The molecule has 9 heteroatoms. The van der Waals surface area contributed by atoms with Crippen LogP contribution in [0.1, 0.15) is 18.9 Å². The van der Waals surface area contributed by atoms with Gasteiger partial charge in [0.1, 0.15) is 0 Å². The van der Waals surface area contributed by atoms with Crippen LogP contribution >= 0.6 is 0 Å². The normalized spacial score (nSPS) is 15.5. The largest absolute Gasteiger partial charge is 0.453 e. The van der Waals surface area contributed by atoms with Crippen molar-refractivity contribution in [3.8, 4) is 0 Å². The van der Waals surface area contributed by atoms with Crippen molar-refractivity contribution in [1.29, 1.82) is 0 Å². The minimum absolute atomic E-state index is 0.0726. The number of amides is 1. The topological polar surface area (TPSA) is 102 Å². The number of sulfonamides is 1. The lowest BCUT2D eigenvalue weighted by Crippen LogP contribution is -2.40. The summed E-state index contributed by atoms with van der Waals surface area (Å²) in [6.45, 7) is 2.97. The fourth-order valence-electron chi connectivity index (χ4n) is 3.83. The van der Waals surface area contributed by atoms with Crippen LogP contribution in [0, 0.1) is 0 Å². The fraction of sp³-hybridized carbons (Fsp3) is 0.308. The first-order valence-electron chi connectivity index (χ1n) is 11.5. The van der Waals surface area contributed by atoms with Gasteiger partial charge in [-0.2, -0.15) is 4.31 Å². The number of rotatable bonds is 8. The highest BCUT2D eigenvalue weighted by atomic mass is 32.2. The first-order chi connectivity index (χ1) is 16.8. The smallest absolute Gasteiger partial charge is 0.306 e. The second-order valence-corrected chi connectivity index (χ2v) is 10.3. The molecule has 1 heterocycles. The highest BCUT2D eigenvalue weighted by Gasteiger charge is 2.26. The summed E-state index contributed by atoms with van der Waals surface area (Å²) < 4.78 is 37.3. The lowest BCUT2D eigenvalue weighted by molar-refractivity contribution is -0.153. The van der Waals surface area contributed by atoms with Gasteiger partial charge in [0.15, 0.2) is 6.10 Å². The minimum atomic E-state index is -3.56. The molecule has 0 saturated carbocycles. The van der Waals surface area contributed by atoms with Gasteiger partial charge >= 0.3 is 5.97 Å². The van der Waals surface area contributed by atoms with Gasteiger partial charge in [-0.15, -0.1) is 0 Å². The highest BCUT2D eigenvalue weighted by Crippen LogP contribution is 2.20. The van der Waals surface area contributed by atoms with Crippen molar-refractivity contribution in [3.63, 3.8) is 0 Å². The summed E-state index contributed by atoms with van der Waals surface area (Å²) >= 11 is 0. The van der Waals surface area contributed by atoms with E-state index in [9.17, 15) is 18.0 Å². The molecule has 35 heavy (non-hydrogen) atoms. The standard InChI is InChI=1S/C26H28N2O6S/c1-19(26(30)27-23-10-9-21-4-2-3-5-22(21)18-23)34-25(29)13-8-20-6-11-24(12-7-20)35(31,32)28-14-16-33-17-15-28/h2-7,9-12,18-19H,8,13-17H2,1H3,(H,27,30). The predicted octanol–water partition coefficient (Wildman–Crippen LogP) is 3.36. The van der Waals surface area contributed by atoms with E-state index >= 15 is 0 Å². The molecular weight excluding hydrogens is 468 g/mol. The number of carbonyl (C=O) groups is 2. The maximum atomic E-state index is 12.7. The lowest BCUT2D eigenvalue weighted by Gasteiger charge is -2.26. The van der Waals surface area contributed by atoms with Gasteiger partial charge in [-0.1, -0.05) is 42.5 Å². The van der Waals surface area contributed by atoms with Crippen LogP contribution in [-0.4, -0.2) is 57.0 Å². The fourth-order valence-corrected chi connectivity index (χ4v) is 5.24.